The van der Waals surface area contributed by atoms with Crippen LogP contribution in [-0.4, -0.2) is 70.1 Å². The first-order chi connectivity index (χ1) is 20.9. The van der Waals surface area contributed by atoms with Crippen LogP contribution in [0.2, 0.25) is 0 Å². The Kier molecular flexibility index (Phi) is 12.2. The maximum Gasteiger partial charge on any atom is 0.274 e. The maximum absolute atomic E-state index is 13.5. The van der Waals surface area contributed by atoms with Gasteiger partial charge in [0.05, 0.1) is 6.10 Å². The molecule has 1 aromatic heterocycles. The lowest BCUT2D eigenvalue weighted by Crippen LogP contribution is -2.57. The summed E-state index contributed by atoms with van der Waals surface area (Å²) in [6.45, 7) is 9.75. The molecule has 236 valence electrons. The van der Waals surface area contributed by atoms with Crippen molar-refractivity contribution in [1.82, 2.24) is 26.0 Å². The second-order valence-electron chi connectivity index (χ2n) is 11.7. The van der Waals surface area contributed by atoms with Gasteiger partial charge in [-0.05, 0) is 57.4 Å². The summed E-state index contributed by atoms with van der Waals surface area (Å²) in [5.74, 6) is -1.98. The summed E-state index contributed by atoms with van der Waals surface area (Å²) >= 11 is 0. The molecule has 4 N–H and O–H groups in total. The average molecular weight is 607 g/mol. The number of carbonyl (C=O) groups is 4. The van der Waals surface area contributed by atoms with Crippen molar-refractivity contribution in [2.24, 2.45) is 11.8 Å². The monoisotopic (exact) mass is 606 g/mol. The van der Waals surface area contributed by atoms with Crippen LogP contribution < -0.4 is 16.0 Å². The van der Waals surface area contributed by atoms with Crippen molar-refractivity contribution in [1.29, 1.82) is 5.26 Å². The standard InChI is InChI=1S/C32H42N6O6/c1-19(2)13-25(16-33)32(43)38-12-6-7-24(18-38)15-26(29(40)34-17-23-10-8-20(3)9-11-23)35-31(42)28(22(5)39)36-30(41)27-14-21(4)44-37-27/h8-11,13-14,19,22,24,26,28,39H,6-7,12,15,17-18H2,1-5H3,(H,34,40)(H,35,42)(H,36,41). The molecule has 2 aromatic rings. The molecular formula is C32H42N6O6. The first-order valence-corrected chi connectivity index (χ1v) is 14.8. The largest absolute Gasteiger partial charge is 0.391 e. The van der Waals surface area contributed by atoms with Gasteiger partial charge in [0.1, 0.15) is 29.5 Å². The molecule has 0 aliphatic carbocycles. The van der Waals surface area contributed by atoms with Gasteiger partial charge in [-0.2, -0.15) is 5.26 Å². The van der Waals surface area contributed by atoms with Gasteiger partial charge in [-0.1, -0.05) is 54.9 Å². The molecule has 1 saturated heterocycles. The Morgan fingerprint density at radius 2 is 1.84 bits per heavy atom. The number of nitrogens with one attached hydrogen (secondary N) is 3. The van der Waals surface area contributed by atoms with Crippen LogP contribution in [0.25, 0.3) is 0 Å². The number of hydrogen-bond donors (Lipinski definition) is 4. The summed E-state index contributed by atoms with van der Waals surface area (Å²) < 4.78 is 4.93. The number of aliphatic hydroxyl groups is 1. The van der Waals surface area contributed by atoms with Crippen molar-refractivity contribution in [2.45, 2.75) is 78.6 Å². The Labute approximate surface area is 257 Å². The molecule has 0 radical (unpaired) electrons. The summed E-state index contributed by atoms with van der Waals surface area (Å²) in [5, 5.41) is 31.6. The first kappa shape index (κ1) is 34.0. The number of aromatic nitrogens is 1. The highest BCUT2D eigenvalue weighted by Gasteiger charge is 2.34. The van der Waals surface area contributed by atoms with E-state index in [4.69, 9.17) is 4.52 Å². The molecule has 3 rings (SSSR count). The van der Waals surface area contributed by atoms with Crippen LogP contribution in [-0.2, 0) is 20.9 Å². The van der Waals surface area contributed by atoms with Crippen molar-refractivity contribution >= 4 is 23.6 Å². The number of rotatable bonds is 12. The maximum atomic E-state index is 13.5. The molecule has 0 spiro atoms. The molecule has 44 heavy (non-hydrogen) atoms. The number of carbonyl (C=O) groups excluding carboxylic acids is 4. The van der Waals surface area contributed by atoms with E-state index in [0.717, 1.165) is 11.1 Å². The van der Waals surface area contributed by atoms with Crippen LogP contribution in [0.1, 0.15) is 67.4 Å². The molecule has 2 heterocycles. The zero-order valence-corrected chi connectivity index (χ0v) is 25.9. The van der Waals surface area contributed by atoms with E-state index in [1.807, 2.05) is 51.1 Å². The molecule has 1 aromatic carbocycles. The number of piperidine rings is 1. The summed E-state index contributed by atoms with van der Waals surface area (Å²) in [6.07, 6.45) is 1.93. The van der Waals surface area contributed by atoms with Crippen LogP contribution in [0.5, 0.6) is 0 Å². The minimum Gasteiger partial charge on any atom is -0.391 e. The Hall–Kier alpha value is -4.50. The predicted octanol–water partition coefficient (Wildman–Crippen LogP) is 2.31. The van der Waals surface area contributed by atoms with Crippen LogP contribution >= 0.6 is 0 Å². The summed E-state index contributed by atoms with van der Waals surface area (Å²) in [6, 6.07) is 8.66. The Morgan fingerprint density at radius 1 is 1.14 bits per heavy atom. The van der Waals surface area contributed by atoms with E-state index in [9.17, 15) is 29.5 Å². The summed E-state index contributed by atoms with van der Waals surface area (Å²) in [7, 11) is 0. The van der Waals surface area contributed by atoms with Crippen LogP contribution in [0.15, 0.2) is 46.5 Å². The van der Waals surface area contributed by atoms with Gasteiger partial charge in [0.25, 0.3) is 11.8 Å². The minimum atomic E-state index is -1.38. The average Bonchev–Trinajstić information content (AvgIpc) is 3.43. The van der Waals surface area contributed by atoms with Crippen LogP contribution in [0, 0.1) is 37.0 Å². The highest BCUT2D eigenvalue weighted by Crippen LogP contribution is 2.23. The molecule has 12 heteroatoms. The molecular weight excluding hydrogens is 564 g/mol. The molecule has 1 aliphatic heterocycles. The smallest absolute Gasteiger partial charge is 0.274 e. The number of aliphatic hydroxyl groups excluding tert-OH is 1. The molecule has 4 atom stereocenters. The highest BCUT2D eigenvalue weighted by atomic mass is 16.5. The minimum absolute atomic E-state index is 0.0293. The number of aryl methyl sites for hydroxylation is 2. The number of likely N-dealkylation sites (tertiary alicyclic amines) is 1. The van der Waals surface area contributed by atoms with Crippen LogP contribution in [0.4, 0.5) is 0 Å². The van der Waals surface area contributed by atoms with Crippen molar-refractivity contribution < 1.29 is 28.8 Å². The summed E-state index contributed by atoms with van der Waals surface area (Å²) in [4.78, 5) is 54.3. The quantitative estimate of drug-likeness (QED) is 0.210. The van der Waals surface area contributed by atoms with E-state index >= 15 is 0 Å². The van der Waals surface area contributed by atoms with Crippen molar-refractivity contribution in [3.05, 3.63) is 64.6 Å². The third-order valence-electron chi connectivity index (χ3n) is 7.36. The number of nitrogens with zero attached hydrogens (tertiary/aromatic N) is 3. The SMILES string of the molecule is Cc1ccc(CNC(=O)C(CC2CCCN(C(=O)C(C#N)=CC(C)C)C2)NC(=O)C(NC(=O)c2cc(C)on2)C(C)O)cc1. The predicted molar refractivity (Wildman–Crippen MR) is 162 cm³/mol. The number of nitriles is 1. The number of hydrogen-bond acceptors (Lipinski definition) is 8. The van der Waals surface area contributed by atoms with Gasteiger partial charge in [0, 0.05) is 25.7 Å². The van der Waals surface area contributed by atoms with Gasteiger partial charge in [-0.3, -0.25) is 19.2 Å². The second kappa shape index (κ2) is 15.8. The Bertz CT molecular complexity index is 1390. The third kappa shape index (κ3) is 9.77. The lowest BCUT2D eigenvalue weighted by Gasteiger charge is -2.34. The van der Waals surface area contributed by atoms with E-state index < -0.39 is 35.9 Å². The normalized spacial score (nSPS) is 17.3. The molecule has 0 saturated carbocycles. The third-order valence-corrected chi connectivity index (χ3v) is 7.36. The van der Waals surface area contributed by atoms with Gasteiger partial charge in [-0.25, -0.2) is 0 Å². The van der Waals surface area contributed by atoms with E-state index in [2.05, 4.69) is 21.1 Å². The Balaban J connectivity index is 1.77. The first-order valence-electron chi connectivity index (χ1n) is 14.8. The number of allylic oxidation sites excluding steroid dienone is 1. The molecule has 4 unspecified atom stereocenters. The van der Waals surface area contributed by atoms with Crippen LogP contribution in [0.3, 0.4) is 0 Å². The van der Waals surface area contributed by atoms with E-state index in [-0.39, 0.29) is 42.0 Å². The fraction of sp³-hybridized carbons (Fsp3) is 0.500. The van der Waals surface area contributed by atoms with E-state index in [1.54, 1.807) is 17.9 Å². The molecule has 4 amide bonds. The van der Waals surface area contributed by atoms with Crippen molar-refractivity contribution in [3.8, 4) is 6.07 Å². The van der Waals surface area contributed by atoms with Gasteiger partial charge in [-0.15, -0.1) is 0 Å². The van der Waals surface area contributed by atoms with Gasteiger partial charge in [0.2, 0.25) is 11.8 Å². The van der Waals surface area contributed by atoms with Gasteiger partial charge < -0.3 is 30.5 Å². The second-order valence-corrected chi connectivity index (χ2v) is 11.7. The van der Waals surface area contributed by atoms with Gasteiger partial charge in [0.15, 0.2) is 5.69 Å². The number of benzene rings is 1. The zero-order valence-electron chi connectivity index (χ0n) is 25.9. The molecule has 1 aliphatic rings. The highest BCUT2D eigenvalue weighted by molar-refractivity contribution is 5.98. The Morgan fingerprint density at radius 3 is 2.43 bits per heavy atom. The summed E-state index contributed by atoms with van der Waals surface area (Å²) in [5.41, 5.74) is 1.99. The number of amides is 4. The topological polar surface area (TPSA) is 178 Å². The van der Waals surface area contributed by atoms with E-state index in [1.165, 1.54) is 13.0 Å². The lowest BCUT2D eigenvalue weighted by molar-refractivity contribution is -0.132. The fourth-order valence-corrected chi connectivity index (χ4v) is 5.04. The van der Waals surface area contributed by atoms with E-state index in [0.29, 0.717) is 31.7 Å². The molecule has 12 nitrogen and oxygen atoms in total. The van der Waals surface area contributed by atoms with Crippen molar-refractivity contribution in [2.75, 3.05) is 13.1 Å². The fourth-order valence-electron chi connectivity index (χ4n) is 5.04. The zero-order chi connectivity index (χ0) is 32.4. The molecule has 0 bridgehead atoms. The molecule has 1 fully saturated rings. The lowest BCUT2D eigenvalue weighted by atomic mass is 9.90. The van der Waals surface area contributed by atoms with Crippen molar-refractivity contribution in [3.63, 3.8) is 0 Å². The van der Waals surface area contributed by atoms with Gasteiger partial charge >= 0.3 is 0 Å².